The van der Waals surface area contributed by atoms with Crippen LogP contribution in [0.2, 0.25) is 0 Å². The Balaban J connectivity index is 1.56. The van der Waals surface area contributed by atoms with Crippen molar-refractivity contribution >= 4 is 28.8 Å². The largest absolute Gasteiger partial charge is 0.343 e. The Kier molecular flexibility index (Phi) is 6.03. The molecule has 27 heavy (non-hydrogen) atoms. The van der Waals surface area contributed by atoms with E-state index in [-0.39, 0.29) is 18.4 Å². The van der Waals surface area contributed by atoms with Gasteiger partial charge in [-0.25, -0.2) is 0 Å². The standard InChI is InChI=1S/C22H18N2O2S/c1-16-5-2-7-18(13-16)22(26)23-15-21(25)24-19-8-3-6-17(14-19)10-11-20-9-4-12-27-20/h2-9,12-14H,15H2,1H3,(H,23,26)(H,24,25). The molecule has 0 saturated carbocycles. The highest BCUT2D eigenvalue weighted by molar-refractivity contribution is 7.10. The maximum Gasteiger partial charge on any atom is 0.251 e. The Morgan fingerprint density at radius 2 is 1.85 bits per heavy atom. The van der Waals surface area contributed by atoms with Gasteiger partial charge >= 0.3 is 0 Å². The number of amides is 2. The van der Waals surface area contributed by atoms with Gasteiger partial charge in [0.15, 0.2) is 0 Å². The van der Waals surface area contributed by atoms with E-state index in [1.807, 2.05) is 48.7 Å². The van der Waals surface area contributed by atoms with E-state index in [1.165, 1.54) is 0 Å². The van der Waals surface area contributed by atoms with Crippen molar-refractivity contribution in [3.63, 3.8) is 0 Å². The van der Waals surface area contributed by atoms with Gasteiger partial charge in [-0.15, -0.1) is 11.3 Å². The molecule has 0 unspecified atom stereocenters. The maximum absolute atomic E-state index is 12.1. The van der Waals surface area contributed by atoms with E-state index < -0.39 is 0 Å². The van der Waals surface area contributed by atoms with Crippen molar-refractivity contribution in [3.05, 3.63) is 87.6 Å². The molecule has 3 rings (SSSR count). The number of anilines is 1. The van der Waals surface area contributed by atoms with Crippen LogP contribution in [-0.2, 0) is 4.79 Å². The molecule has 2 amide bonds. The second-order valence-electron chi connectivity index (χ2n) is 5.91. The van der Waals surface area contributed by atoms with E-state index in [0.29, 0.717) is 11.3 Å². The molecule has 0 aliphatic carbocycles. The van der Waals surface area contributed by atoms with Crippen molar-refractivity contribution in [2.75, 3.05) is 11.9 Å². The van der Waals surface area contributed by atoms with Gasteiger partial charge in [-0.05, 0) is 48.7 Å². The molecule has 3 aromatic rings. The topological polar surface area (TPSA) is 58.2 Å². The lowest BCUT2D eigenvalue weighted by Gasteiger charge is -2.08. The molecule has 2 aromatic carbocycles. The fourth-order valence-electron chi connectivity index (χ4n) is 2.41. The molecular formula is C22H18N2O2S. The third-order valence-corrected chi connectivity index (χ3v) is 4.47. The molecule has 4 nitrogen and oxygen atoms in total. The summed E-state index contributed by atoms with van der Waals surface area (Å²) in [4.78, 5) is 25.2. The zero-order chi connectivity index (χ0) is 19.1. The molecule has 1 aromatic heterocycles. The van der Waals surface area contributed by atoms with Crippen LogP contribution in [0.4, 0.5) is 5.69 Å². The average molecular weight is 374 g/mol. The van der Waals surface area contributed by atoms with Crippen molar-refractivity contribution in [1.29, 1.82) is 0 Å². The first kappa shape index (κ1) is 18.4. The van der Waals surface area contributed by atoms with Gasteiger partial charge in [-0.3, -0.25) is 9.59 Å². The molecule has 5 heteroatoms. The zero-order valence-corrected chi connectivity index (χ0v) is 15.6. The molecule has 0 fully saturated rings. The fourth-order valence-corrected chi connectivity index (χ4v) is 2.98. The minimum absolute atomic E-state index is 0.0993. The zero-order valence-electron chi connectivity index (χ0n) is 14.8. The van der Waals surface area contributed by atoms with Crippen LogP contribution in [0.25, 0.3) is 0 Å². The second-order valence-corrected chi connectivity index (χ2v) is 6.86. The summed E-state index contributed by atoms with van der Waals surface area (Å²) < 4.78 is 0. The minimum atomic E-state index is -0.292. The molecule has 0 spiro atoms. The summed E-state index contributed by atoms with van der Waals surface area (Å²) in [5.74, 6) is 5.59. The third kappa shape index (κ3) is 5.56. The van der Waals surface area contributed by atoms with Gasteiger partial charge in [0.1, 0.15) is 0 Å². The molecule has 1 heterocycles. The number of carbonyl (C=O) groups is 2. The number of thiophene rings is 1. The summed E-state index contributed by atoms with van der Waals surface area (Å²) in [6.07, 6.45) is 0. The molecule has 0 saturated heterocycles. The molecular weight excluding hydrogens is 356 g/mol. The number of benzene rings is 2. The highest BCUT2D eigenvalue weighted by Gasteiger charge is 2.08. The van der Waals surface area contributed by atoms with Crippen molar-refractivity contribution in [3.8, 4) is 11.8 Å². The predicted octanol–water partition coefficient (Wildman–Crippen LogP) is 3.82. The lowest BCUT2D eigenvalue weighted by molar-refractivity contribution is -0.115. The normalized spacial score (nSPS) is 9.81. The average Bonchev–Trinajstić information content (AvgIpc) is 3.18. The van der Waals surface area contributed by atoms with E-state index in [4.69, 9.17) is 0 Å². The third-order valence-electron chi connectivity index (χ3n) is 3.69. The molecule has 0 radical (unpaired) electrons. The lowest BCUT2D eigenvalue weighted by atomic mass is 10.1. The van der Waals surface area contributed by atoms with E-state index in [0.717, 1.165) is 16.0 Å². The smallest absolute Gasteiger partial charge is 0.251 e. The summed E-state index contributed by atoms with van der Waals surface area (Å²) in [6, 6.07) is 18.5. The Labute approximate surface area is 162 Å². The van der Waals surface area contributed by atoms with Crippen LogP contribution in [-0.4, -0.2) is 18.4 Å². The van der Waals surface area contributed by atoms with Crippen LogP contribution in [0.15, 0.2) is 66.0 Å². The van der Waals surface area contributed by atoms with Crippen LogP contribution in [0.5, 0.6) is 0 Å². The highest BCUT2D eigenvalue weighted by Crippen LogP contribution is 2.11. The number of nitrogens with one attached hydrogen (secondary N) is 2. The summed E-state index contributed by atoms with van der Waals surface area (Å²) in [7, 11) is 0. The highest BCUT2D eigenvalue weighted by atomic mass is 32.1. The van der Waals surface area contributed by atoms with Gasteiger partial charge in [0.05, 0.1) is 11.4 Å². The van der Waals surface area contributed by atoms with Gasteiger partial charge in [-0.2, -0.15) is 0 Å². The Bertz CT molecular complexity index is 1010. The summed E-state index contributed by atoms with van der Waals surface area (Å²) in [5.41, 5.74) is 2.98. The molecule has 0 atom stereocenters. The molecule has 0 aliphatic heterocycles. The van der Waals surface area contributed by atoms with Gasteiger partial charge in [-0.1, -0.05) is 41.7 Å². The molecule has 0 aliphatic rings. The van der Waals surface area contributed by atoms with Crippen LogP contribution in [0.1, 0.15) is 26.4 Å². The van der Waals surface area contributed by atoms with E-state index in [9.17, 15) is 9.59 Å². The first-order valence-electron chi connectivity index (χ1n) is 8.40. The molecule has 0 bridgehead atoms. The SMILES string of the molecule is Cc1cccc(C(=O)NCC(=O)Nc2cccc(C#Cc3cccs3)c2)c1. The van der Waals surface area contributed by atoms with Gasteiger partial charge in [0.2, 0.25) is 5.91 Å². The first-order chi connectivity index (χ1) is 13.1. The van der Waals surface area contributed by atoms with Crippen LogP contribution < -0.4 is 10.6 Å². The first-order valence-corrected chi connectivity index (χ1v) is 9.28. The van der Waals surface area contributed by atoms with Crippen LogP contribution in [0, 0.1) is 18.8 Å². The number of hydrogen-bond donors (Lipinski definition) is 2. The van der Waals surface area contributed by atoms with Crippen molar-refractivity contribution < 1.29 is 9.59 Å². The number of aryl methyl sites for hydroxylation is 1. The Hall–Kier alpha value is -3.36. The van der Waals surface area contributed by atoms with Crippen molar-refractivity contribution in [2.45, 2.75) is 6.92 Å². The Morgan fingerprint density at radius 1 is 1.00 bits per heavy atom. The minimum Gasteiger partial charge on any atom is -0.343 e. The van der Waals surface area contributed by atoms with Gasteiger partial charge < -0.3 is 10.6 Å². The van der Waals surface area contributed by atoms with Crippen molar-refractivity contribution in [2.24, 2.45) is 0 Å². The summed E-state index contributed by atoms with van der Waals surface area (Å²) in [5, 5.41) is 7.38. The van der Waals surface area contributed by atoms with E-state index in [1.54, 1.807) is 35.6 Å². The van der Waals surface area contributed by atoms with Crippen LogP contribution >= 0.6 is 11.3 Å². The summed E-state index contributed by atoms with van der Waals surface area (Å²) >= 11 is 1.58. The quantitative estimate of drug-likeness (QED) is 0.682. The van der Waals surface area contributed by atoms with E-state index >= 15 is 0 Å². The van der Waals surface area contributed by atoms with Gasteiger partial charge in [0.25, 0.3) is 5.91 Å². The van der Waals surface area contributed by atoms with Gasteiger partial charge in [0, 0.05) is 16.8 Å². The van der Waals surface area contributed by atoms with E-state index in [2.05, 4.69) is 22.5 Å². The lowest BCUT2D eigenvalue weighted by Crippen LogP contribution is -2.32. The molecule has 2 N–H and O–H groups in total. The van der Waals surface area contributed by atoms with Crippen molar-refractivity contribution in [1.82, 2.24) is 5.32 Å². The number of carbonyl (C=O) groups excluding carboxylic acids is 2. The van der Waals surface area contributed by atoms with Crippen LogP contribution in [0.3, 0.4) is 0 Å². The predicted molar refractivity (Wildman–Crippen MR) is 109 cm³/mol. The monoisotopic (exact) mass is 374 g/mol. The molecule has 134 valence electrons. The number of rotatable bonds is 4. The Morgan fingerprint density at radius 3 is 2.63 bits per heavy atom. The maximum atomic E-state index is 12.1. The summed E-state index contributed by atoms with van der Waals surface area (Å²) in [6.45, 7) is 1.82. The second kappa shape index (κ2) is 8.84. The number of hydrogen-bond acceptors (Lipinski definition) is 3. The fraction of sp³-hybridized carbons (Fsp3) is 0.0909.